The van der Waals surface area contributed by atoms with Crippen LogP contribution in [0.25, 0.3) is 0 Å². The van der Waals surface area contributed by atoms with E-state index in [9.17, 15) is 9.18 Å². The number of halogens is 3. The molecule has 0 aromatic heterocycles. The fraction of sp³-hybridized carbons (Fsp3) is 0. The molecule has 0 spiro atoms. The van der Waals surface area contributed by atoms with Gasteiger partial charge in [-0.25, -0.2) is 4.39 Å². The molecule has 18 heavy (non-hydrogen) atoms. The van der Waals surface area contributed by atoms with Crippen molar-refractivity contribution in [1.29, 1.82) is 0 Å². The van der Waals surface area contributed by atoms with E-state index in [4.69, 9.17) is 23.2 Å². The van der Waals surface area contributed by atoms with E-state index in [1.54, 1.807) is 24.3 Å². The summed E-state index contributed by atoms with van der Waals surface area (Å²) in [5, 5.41) is 3.17. The van der Waals surface area contributed by atoms with Gasteiger partial charge in [0.25, 0.3) is 5.91 Å². The molecule has 2 aromatic carbocycles. The van der Waals surface area contributed by atoms with E-state index in [0.29, 0.717) is 10.7 Å². The number of hydrogen-bond donors (Lipinski definition) is 1. The highest BCUT2D eigenvalue weighted by Crippen LogP contribution is 2.21. The Bertz CT molecular complexity index is 564. The zero-order chi connectivity index (χ0) is 13.1. The summed E-state index contributed by atoms with van der Waals surface area (Å²) in [7, 11) is 0. The van der Waals surface area contributed by atoms with Crippen LogP contribution in [-0.4, -0.2) is 5.91 Å². The third-order valence-electron chi connectivity index (χ3n) is 2.29. The summed E-state index contributed by atoms with van der Waals surface area (Å²) < 4.78 is 13.5. The molecule has 0 atom stereocenters. The first-order valence-electron chi connectivity index (χ1n) is 5.09. The van der Waals surface area contributed by atoms with Crippen LogP contribution in [0.15, 0.2) is 42.5 Å². The molecule has 0 bridgehead atoms. The molecule has 2 aromatic rings. The van der Waals surface area contributed by atoms with E-state index in [-0.39, 0.29) is 10.6 Å². The highest BCUT2D eigenvalue weighted by atomic mass is 35.5. The Morgan fingerprint density at radius 1 is 1.06 bits per heavy atom. The van der Waals surface area contributed by atoms with Crippen molar-refractivity contribution in [3.8, 4) is 0 Å². The summed E-state index contributed by atoms with van der Waals surface area (Å²) in [4.78, 5) is 11.9. The molecular formula is C13H8Cl2FNO. The molecular weight excluding hydrogens is 276 g/mol. The van der Waals surface area contributed by atoms with E-state index in [1.807, 2.05) is 0 Å². The lowest BCUT2D eigenvalue weighted by molar-refractivity contribution is 0.102. The van der Waals surface area contributed by atoms with Gasteiger partial charge in [-0.15, -0.1) is 0 Å². The number of benzene rings is 2. The van der Waals surface area contributed by atoms with Crippen molar-refractivity contribution in [3.63, 3.8) is 0 Å². The molecule has 0 aliphatic rings. The number of hydrogen-bond acceptors (Lipinski definition) is 1. The van der Waals surface area contributed by atoms with Crippen molar-refractivity contribution in [2.75, 3.05) is 5.32 Å². The summed E-state index contributed by atoms with van der Waals surface area (Å²) in [6.45, 7) is 0. The van der Waals surface area contributed by atoms with Crippen LogP contribution in [0.4, 0.5) is 10.1 Å². The van der Waals surface area contributed by atoms with Crippen molar-refractivity contribution in [2.24, 2.45) is 0 Å². The standard InChI is InChI=1S/C13H8Cl2FNO/c14-8-4-6-9(7-5-8)17-13(18)12-10(15)2-1-3-11(12)16/h1-7H,(H,17,18). The highest BCUT2D eigenvalue weighted by Gasteiger charge is 2.15. The molecule has 0 aliphatic heterocycles. The third kappa shape index (κ3) is 2.81. The van der Waals surface area contributed by atoms with E-state index < -0.39 is 11.7 Å². The monoisotopic (exact) mass is 283 g/mol. The van der Waals surface area contributed by atoms with Gasteiger partial charge in [0.1, 0.15) is 5.82 Å². The zero-order valence-electron chi connectivity index (χ0n) is 9.08. The van der Waals surface area contributed by atoms with Gasteiger partial charge in [0, 0.05) is 10.7 Å². The van der Waals surface area contributed by atoms with Gasteiger partial charge < -0.3 is 5.32 Å². The van der Waals surface area contributed by atoms with Gasteiger partial charge >= 0.3 is 0 Å². The minimum atomic E-state index is -0.658. The van der Waals surface area contributed by atoms with Crippen LogP contribution in [0.2, 0.25) is 10.0 Å². The lowest BCUT2D eigenvalue weighted by atomic mass is 10.2. The van der Waals surface area contributed by atoms with Crippen LogP contribution in [0.3, 0.4) is 0 Å². The topological polar surface area (TPSA) is 29.1 Å². The van der Waals surface area contributed by atoms with Crippen molar-refractivity contribution >= 4 is 34.8 Å². The van der Waals surface area contributed by atoms with Gasteiger partial charge in [0.15, 0.2) is 0 Å². The molecule has 0 radical (unpaired) electrons. The lowest BCUT2D eigenvalue weighted by Crippen LogP contribution is -2.14. The molecule has 0 heterocycles. The SMILES string of the molecule is O=C(Nc1ccc(Cl)cc1)c1c(F)cccc1Cl. The second kappa shape index (κ2) is 5.38. The second-order valence-corrected chi connectivity index (χ2v) is 4.40. The molecule has 1 amide bonds. The number of anilines is 1. The molecule has 92 valence electrons. The first-order chi connectivity index (χ1) is 8.58. The molecule has 0 aliphatic carbocycles. The number of amides is 1. The summed E-state index contributed by atoms with van der Waals surface area (Å²) >= 11 is 11.5. The van der Waals surface area contributed by atoms with Gasteiger partial charge in [-0.05, 0) is 36.4 Å². The summed E-state index contributed by atoms with van der Waals surface area (Å²) in [6, 6.07) is 10.6. The minimum Gasteiger partial charge on any atom is -0.322 e. The Morgan fingerprint density at radius 3 is 2.33 bits per heavy atom. The Morgan fingerprint density at radius 2 is 1.72 bits per heavy atom. The van der Waals surface area contributed by atoms with Crippen LogP contribution in [0.1, 0.15) is 10.4 Å². The normalized spacial score (nSPS) is 10.2. The quantitative estimate of drug-likeness (QED) is 0.870. The molecule has 0 fully saturated rings. The highest BCUT2D eigenvalue weighted by molar-refractivity contribution is 6.34. The smallest absolute Gasteiger partial charge is 0.260 e. The Kier molecular flexibility index (Phi) is 3.84. The number of carbonyl (C=O) groups is 1. The zero-order valence-corrected chi connectivity index (χ0v) is 10.6. The van der Waals surface area contributed by atoms with Crippen molar-refractivity contribution < 1.29 is 9.18 Å². The fourth-order valence-electron chi connectivity index (χ4n) is 1.44. The number of carbonyl (C=O) groups excluding carboxylic acids is 1. The van der Waals surface area contributed by atoms with Gasteiger partial charge in [-0.1, -0.05) is 29.3 Å². The molecule has 5 heteroatoms. The maximum absolute atomic E-state index is 13.5. The van der Waals surface area contributed by atoms with Gasteiger partial charge in [0.2, 0.25) is 0 Å². The van der Waals surface area contributed by atoms with Crippen LogP contribution < -0.4 is 5.32 Å². The van der Waals surface area contributed by atoms with Gasteiger partial charge in [-0.3, -0.25) is 4.79 Å². The molecule has 0 saturated carbocycles. The van der Waals surface area contributed by atoms with Crippen molar-refractivity contribution in [3.05, 3.63) is 63.9 Å². The Hall–Kier alpha value is -1.58. The first kappa shape index (κ1) is 12.9. The summed E-state index contributed by atoms with van der Waals surface area (Å²) in [5.74, 6) is -1.26. The minimum absolute atomic E-state index is 0.0708. The predicted octanol–water partition coefficient (Wildman–Crippen LogP) is 4.38. The summed E-state index contributed by atoms with van der Waals surface area (Å²) in [5.41, 5.74) is 0.345. The van der Waals surface area contributed by atoms with E-state index >= 15 is 0 Å². The van der Waals surface area contributed by atoms with Crippen LogP contribution in [-0.2, 0) is 0 Å². The van der Waals surface area contributed by atoms with Gasteiger partial charge in [0.05, 0.1) is 10.6 Å². The van der Waals surface area contributed by atoms with E-state index in [2.05, 4.69) is 5.32 Å². The molecule has 0 saturated heterocycles. The largest absolute Gasteiger partial charge is 0.322 e. The average molecular weight is 284 g/mol. The van der Waals surface area contributed by atoms with Gasteiger partial charge in [-0.2, -0.15) is 0 Å². The number of rotatable bonds is 2. The second-order valence-electron chi connectivity index (χ2n) is 3.56. The Balaban J connectivity index is 2.25. The van der Waals surface area contributed by atoms with Crippen LogP contribution in [0.5, 0.6) is 0 Å². The lowest BCUT2D eigenvalue weighted by Gasteiger charge is -2.07. The maximum atomic E-state index is 13.5. The van der Waals surface area contributed by atoms with Crippen LogP contribution >= 0.6 is 23.2 Å². The van der Waals surface area contributed by atoms with Crippen LogP contribution in [0, 0.1) is 5.82 Å². The Labute approximate surface area is 113 Å². The van der Waals surface area contributed by atoms with E-state index in [0.717, 1.165) is 0 Å². The van der Waals surface area contributed by atoms with E-state index in [1.165, 1.54) is 18.2 Å². The van der Waals surface area contributed by atoms with Crippen molar-refractivity contribution in [2.45, 2.75) is 0 Å². The predicted molar refractivity (Wildman–Crippen MR) is 70.8 cm³/mol. The molecule has 2 nitrogen and oxygen atoms in total. The maximum Gasteiger partial charge on any atom is 0.260 e. The average Bonchev–Trinajstić information content (AvgIpc) is 2.32. The molecule has 2 rings (SSSR count). The fourth-order valence-corrected chi connectivity index (χ4v) is 1.82. The number of nitrogens with one attached hydrogen (secondary N) is 1. The third-order valence-corrected chi connectivity index (χ3v) is 2.86. The summed E-state index contributed by atoms with van der Waals surface area (Å²) in [6.07, 6.45) is 0. The molecule has 0 unspecified atom stereocenters. The first-order valence-corrected chi connectivity index (χ1v) is 5.84. The molecule has 1 N–H and O–H groups in total. The van der Waals surface area contributed by atoms with Crippen molar-refractivity contribution in [1.82, 2.24) is 0 Å².